The fourth-order valence-corrected chi connectivity index (χ4v) is 6.26. The third-order valence-electron chi connectivity index (χ3n) is 8.66. The molecule has 0 bridgehead atoms. The number of carbonyl (C=O) groups excluding carboxylic acids is 3. The van der Waals surface area contributed by atoms with E-state index in [0.29, 0.717) is 19.6 Å². The molecule has 1 saturated heterocycles. The van der Waals surface area contributed by atoms with Gasteiger partial charge in [0.25, 0.3) is 11.8 Å². The molecule has 2 aromatic carbocycles. The van der Waals surface area contributed by atoms with E-state index < -0.39 is 23.4 Å². The Balaban J connectivity index is 1.26. The van der Waals surface area contributed by atoms with Gasteiger partial charge in [-0.25, -0.2) is 9.07 Å². The highest BCUT2D eigenvalue weighted by atomic mass is 35.5. The summed E-state index contributed by atoms with van der Waals surface area (Å²) in [5, 5.41) is 9.20. The number of nitrogens with zero attached hydrogens (tertiary/aromatic N) is 6. The van der Waals surface area contributed by atoms with Gasteiger partial charge in [-0.3, -0.25) is 24.2 Å². The van der Waals surface area contributed by atoms with Crippen LogP contribution in [0.2, 0.25) is 10.0 Å². The van der Waals surface area contributed by atoms with Crippen LogP contribution in [0.1, 0.15) is 73.0 Å². The normalized spacial score (nSPS) is 21.4. The van der Waals surface area contributed by atoms with Crippen LogP contribution in [0.3, 0.4) is 0 Å². The lowest BCUT2D eigenvalue weighted by Gasteiger charge is -2.45. The van der Waals surface area contributed by atoms with Gasteiger partial charge in [0.05, 0.1) is 38.6 Å². The molecule has 0 radical (unpaired) electrons. The van der Waals surface area contributed by atoms with Crippen molar-refractivity contribution in [1.82, 2.24) is 29.7 Å². The molecule has 42 heavy (non-hydrogen) atoms. The number of benzene rings is 2. The molecule has 2 unspecified atom stereocenters. The molecule has 3 aromatic rings. The number of hydrogen-bond acceptors (Lipinski definition) is 6. The largest absolute Gasteiger partial charge is 0.338 e. The number of amides is 3. The van der Waals surface area contributed by atoms with Gasteiger partial charge in [-0.05, 0) is 63.9 Å². The molecule has 3 amide bonds. The maximum absolute atomic E-state index is 13.6. The number of carbonyl (C=O) groups is 3. The van der Waals surface area contributed by atoms with Crippen LogP contribution < -0.4 is 0 Å². The van der Waals surface area contributed by atoms with Crippen LogP contribution in [-0.2, 0) is 16.9 Å². The highest BCUT2D eigenvalue weighted by Gasteiger charge is 2.44. The second-order valence-corrected chi connectivity index (χ2v) is 12.2. The van der Waals surface area contributed by atoms with E-state index in [1.54, 1.807) is 24.0 Å². The minimum atomic E-state index is -0.987. The first kappa shape index (κ1) is 30.1. The molecule has 5 rings (SSSR count). The molecule has 2 aliphatic heterocycles. The lowest BCUT2D eigenvalue weighted by molar-refractivity contribution is -0.139. The van der Waals surface area contributed by atoms with Gasteiger partial charge in [0.15, 0.2) is 0 Å². The van der Waals surface area contributed by atoms with Crippen molar-refractivity contribution in [1.29, 1.82) is 0 Å². The third-order valence-corrected chi connectivity index (χ3v) is 9.38. The first-order valence-corrected chi connectivity index (χ1v) is 14.7. The number of imide groups is 1. The molecule has 3 heterocycles. The van der Waals surface area contributed by atoms with Gasteiger partial charge in [-0.2, -0.15) is 0 Å². The number of fused-ring (bicyclic) bond motifs is 1. The van der Waals surface area contributed by atoms with Crippen molar-refractivity contribution >= 4 is 40.9 Å². The molecule has 222 valence electrons. The molecule has 0 spiro atoms. The lowest BCUT2D eigenvalue weighted by atomic mass is 9.89. The van der Waals surface area contributed by atoms with Crippen LogP contribution in [0.4, 0.5) is 4.39 Å². The topological polar surface area (TPSA) is 91.6 Å². The van der Waals surface area contributed by atoms with Crippen molar-refractivity contribution in [3.05, 3.63) is 80.8 Å². The second-order valence-electron chi connectivity index (χ2n) is 11.4. The quantitative estimate of drug-likeness (QED) is 0.348. The van der Waals surface area contributed by atoms with Gasteiger partial charge in [-0.1, -0.05) is 47.5 Å². The average molecular weight is 616 g/mol. The molecule has 4 atom stereocenters. The number of halogens is 3. The Hall–Kier alpha value is -3.34. The monoisotopic (exact) mass is 614 g/mol. The third kappa shape index (κ3) is 5.20. The van der Waals surface area contributed by atoms with Gasteiger partial charge in [0.2, 0.25) is 5.91 Å². The molecular formula is C30H33Cl2FN6O3. The smallest absolute Gasteiger partial charge is 0.262 e. The van der Waals surface area contributed by atoms with Gasteiger partial charge < -0.3 is 4.90 Å². The zero-order valence-corrected chi connectivity index (χ0v) is 25.7. The Morgan fingerprint density at radius 2 is 1.60 bits per heavy atom. The van der Waals surface area contributed by atoms with Crippen molar-refractivity contribution in [2.75, 3.05) is 13.1 Å². The number of rotatable bonds is 7. The van der Waals surface area contributed by atoms with Crippen molar-refractivity contribution < 1.29 is 18.8 Å². The van der Waals surface area contributed by atoms with Crippen LogP contribution in [0.25, 0.3) is 0 Å². The van der Waals surface area contributed by atoms with E-state index in [1.165, 1.54) is 24.3 Å². The lowest BCUT2D eigenvalue weighted by Crippen LogP contribution is -2.60. The Morgan fingerprint density at radius 1 is 1.05 bits per heavy atom. The van der Waals surface area contributed by atoms with E-state index in [9.17, 15) is 18.8 Å². The van der Waals surface area contributed by atoms with E-state index in [1.807, 2.05) is 31.6 Å². The maximum atomic E-state index is 13.6. The van der Waals surface area contributed by atoms with Crippen LogP contribution in [0.15, 0.2) is 42.6 Å². The van der Waals surface area contributed by atoms with Crippen LogP contribution in [-0.4, -0.2) is 78.6 Å². The minimum absolute atomic E-state index is 0.0236. The Morgan fingerprint density at radius 3 is 2.12 bits per heavy atom. The van der Waals surface area contributed by atoms with Gasteiger partial charge in [0.1, 0.15) is 11.9 Å². The summed E-state index contributed by atoms with van der Waals surface area (Å²) in [6.45, 7) is 11.1. The fourth-order valence-electron chi connectivity index (χ4n) is 5.93. The first-order valence-electron chi connectivity index (χ1n) is 13.9. The summed E-state index contributed by atoms with van der Waals surface area (Å²) in [6, 6.07) is 8.16. The molecule has 0 aliphatic carbocycles. The van der Waals surface area contributed by atoms with Crippen LogP contribution >= 0.6 is 23.2 Å². The Bertz CT molecular complexity index is 1490. The van der Waals surface area contributed by atoms with E-state index >= 15 is 0 Å². The molecule has 1 fully saturated rings. The number of hydrogen-bond donors (Lipinski definition) is 0. The van der Waals surface area contributed by atoms with Gasteiger partial charge in [0, 0.05) is 31.7 Å². The number of aromatic nitrogens is 3. The van der Waals surface area contributed by atoms with Crippen LogP contribution in [0.5, 0.6) is 0 Å². The van der Waals surface area contributed by atoms with Crippen LogP contribution in [0, 0.1) is 5.82 Å². The summed E-state index contributed by atoms with van der Waals surface area (Å²) >= 11 is 12.1. The van der Waals surface area contributed by atoms with E-state index in [-0.39, 0.29) is 45.0 Å². The molecule has 0 saturated carbocycles. The molecule has 9 nitrogen and oxygen atoms in total. The predicted molar refractivity (Wildman–Crippen MR) is 157 cm³/mol. The SMILES string of the molecule is CCC(C)(c1ccc(F)cc1)n1cc(CN2[C@H](C)CN(C(=O)C(C)N3C(=O)c4cc(Cl)c(Cl)cc4C3=O)C[C@@H]2C)nn1. The summed E-state index contributed by atoms with van der Waals surface area (Å²) < 4.78 is 15.4. The number of piperazine rings is 1. The van der Waals surface area contributed by atoms with Crippen molar-refractivity contribution in [3.8, 4) is 0 Å². The standard InChI is InChI=1S/C30H33Cl2FN6O3/c1-6-30(5,20-7-9-21(33)10-8-20)38-16-22(34-35-38)15-37-17(2)13-36(14-18(37)3)27(40)19(4)39-28(41)23-11-25(31)26(32)12-24(23)29(39)42/h7-12,16-19H,6,13-15H2,1-5H3/t17-,18+,19?,30?. The summed E-state index contributed by atoms with van der Waals surface area (Å²) in [5.74, 6) is -1.71. The summed E-state index contributed by atoms with van der Waals surface area (Å²) in [4.78, 5) is 44.7. The van der Waals surface area contributed by atoms with Crippen molar-refractivity contribution in [2.24, 2.45) is 0 Å². The predicted octanol–water partition coefficient (Wildman–Crippen LogP) is 5.00. The van der Waals surface area contributed by atoms with Crippen molar-refractivity contribution in [3.63, 3.8) is 0 Å². The highest BCUT2D eigenvalue weighted by Crippen LogP contribution is 2.33. The van der Waals surface area contributed by atoms with E-state index in [0.717, 1.165) is 22.6 Å². The molecule has 1 aromatic heterocycles. The second kappa shape index (κ2) is 11.4. The molecule has 2 aliphatic rings. The zero-order chi connectivity index (χ0) is 30.5. The summed E-state index contributed by atoms with van der Waals surface area (Å²) in [6.07, 6.45) is 2.66. The summed E-state index contributed by atoms with van der Waals surface area (Å²) in [7, 11) is 0. The van der Waals surface area contributed by atoms with Gasteiger partial charge >= 0.3 is 0 Å². The summed E-state index contributed by atoms with van der Waals surface area (Å²) in [5.41, 5.74) is 1.53. The highest BCUT2D eigenvalue weighted by molar-refractivity contribution is 6.43. The Kier molecular flexibility index (Phi) is 8.17. The van der Waals surface area contributed by atoms with Gasteiger partial charge in [-0.15, -0.1) is 5.10 Å². The van der Waals surface area contributed by atoms with E-state index in [2.05, 4.69) is 22.1 Å². The fraction of sp³-hybridized carbons (Fsp3) is 0.433. The first-order chi connectivity index (χ1) is 19.8. The molecule has 0 N–H and O–H groups in total. The zero-order valence-electron chi connectivity index (χ0n) is 24.1. The Labute approximate surface area is 254 Å². The average Bonchev–Trinajstić information content (AvgIpc) is 3.53. The van der Waals surface area contributed by atoms with E-state index in [4.69, 9.17) is 23.2 Å². The molecular weight excluding hydrogens is 582 g/mol. The minimum Gasteiger partial charge on any atom is -0.338 e. The maximum Gasteiger partial charge on any atom is 0.262 e. The molecule has 12 heteroatoms. The van der Waals surface area contributed by atoms with Crippen molar-refractivity contribution in [2.45, 2.75) is 71.2 Å².